The fraction of sp³-hybridized carbons (Fsp3) is 0.348. The first-order valence-electron chi connectivity index (χ1n) is 10.0. The van der Waals surface area contributed by atoms with Gasteiger partial charge in [0, 0.05) is 37.0 Å². The van der Waals surface area contributed by atoms with Gasteiger partial charge in [-0.25, -0.2) is 0 Å². The molecule has 1 fully saturated rings. The van der Waals surface area contributed by atoms with E-state index in [0.717, 1.165) is 29.7 Å². The maximum absolute atomic E-state index is 12.9. The van der Waals surface area contributed by atoms with Gasteiger partial charge < -0.3 is 15.5 Å². The normalized spacial score (nSPS) is 16.0. The first-order valence-corrected chi connectivity index (χ1v) is 10.0. The molecule has 29 heavy (non-hydrogen) atoms. The van der Waals surface area contributed by atoms with Gasteiger partial charge in [-0.1, -0.05) is 38.1 Å². The zero-order chi connectivity index (χ0) is 21.0. The predicted octanol–water partition coefficient (Wildman–Crippen LogP) is 3.76. The van der Waals surface area contributed by atoms with E-state index in [1.165, 1.54) is 6.92 Å². The minimum atomic E-state index is -0.415. The highest BCUT2D eigenvalue weighted by Crippen LogP contribution is 2.29. The van der Waals surface area contributed by atoms with Crippen LogP contribution in [0.1, 0.15) is 38.3 Å². The van der Waals surface area contributed by atoms with Gasteiger partial charge in [-0.3, -0.25) is 14.4 Å². The summed E-state index contributed by atoms with van der Waals surface area (Å²) in [5.41, 5.74) is 4.38. The Bertz CT molecular complexity index is 916. The van der Waals surface area contributed by atoms with Crippen molar-refractivity contribution >= 4 is 34.8 Å². The van der Waals surface area contributed by atoms with E-state index in [9.17, 15) is 14.4 Å². The lowest BCUT2D eigenvalue weighted by molar-refractivity contribution is -0.122. The standard InChI is InChI=1S/C23H27N3O3/c1-4-16-8-6-9-17(5-2)22(16)25-23(29)18-12-21(28)26(14-18)20-11-7-10-19(13-20)24-15(3)27/h6-11,13,18H,4-5,12,14H2,1-3H3,(H,24,27)(H,25,29). The molecular formula is C23H27N3O3. The molecular weight excluding hydrogens is 366 g/mol. The molecule has 0 radical (unpaired) electrons. The van der Waals surface area contributed by atoms with Crippen molar-refractivity contribution in [2.45, 2.75) is 40.0 Å². The highest BCUT2D eigenvalue weighted by atomic mass is 16.2. The van der Waals surface area contributed by atoms with Crippen LogP contribution in [0.5, 0.6) is 0 Å². The summed E-state index contributed by atoms with van der Waals surface area (Å²) in [7, 11) is 0. The molecule has 1 unspecified atom stereocenters. The van der Waals surface area contributed by atoms with Gasteiger partial charge in [-0.2, -0.15) is 0 Å². The number of amides is 3. The van der Waals surface area contributed by atoms with Crippen LogP contribution in [0.3, 0.4) is 0 Å². The lowest BCUT2D eigenvalue weighted by Gasteiger charge is -2.19. The summed E-state index contributed by atoms with van der Waals surface area (Å²) in [6.07, 6.45) is 1.83. The lowest BCUT2D eigenvalue weighted by Crippen LogP contribution is -2.28. The Morgan fingerprint density at radius 3 is 2.31 bits per heavy atom. The van der Waals surface area contributed by atoms with E-state index < -0.39 is 5.92 Å². The van der Waals surface area contributed by atoms with Crippen molar-refractivity contribution in [2.75, 3.05) is 22.1 Å². The molecule has 1 atom stereocenters. The van der Waals surface area contributed by atoms with E-state index in [1.807, 2.05) is 24.3 Å². The van der Waals surface area contributed by atoms with Crippen LogP contribution >= 0.6 is 0 Å². The second-order valence-corrected chi connectivity index (χ2v) is 7.28. The van der Waals surface area contributed by atoms with Crippen LogP contribution in [0.15, 0.2) is 42.5 Å². The van der Waals surface area contributed by atoms with Crippen LogP contribution in [-0.2, 0) is 27.2 Å². The number of hydrogen-bond acceptors (Lipinski definition) is 3. The molecule has 2 aromatic carbocycles. The van der Waals surface area contributed by atoms with Crippen LogP contribution in [0.25, 0.3) is 0 Å². The van der Waals surface area contributed by atoms with Crippen LogP contribution in [0, 0.1) is 5.92 Å². The van der Waals surface area contributed by atoms with Gasteiger partial charge in [0.2, 0.25) is 17.7 Å². The fourth-order valence-corrected chi connectivity index (χ4v) is 3.72. The van der Waals surface area contributed by atoms with E-state index in [4.69, 9.17) is 0 Å². The summed E-state index contributed by atoms with van der Waals surface area (Å²) in [4.78, 5) is 38.4. The quantitative estimate of drug-likeness (QED) is 0.784. The van der Waals surface area contributed by atoms with Crippen molar-refractivity contribution in [1.29, 1.82) is 0 Å². The minimum Gasteiger partial charge on any atom is -0.326 e. The molecule has 0 aliphatic carbocycles. The average molecular weight is 393 g/mol. The molecule has 152 valence electrons. The number of carbonyl (C=O) groups is 3. The molecule has 6 nitrogen and oxygen atoms in total. The number of rotatable bonds is 6. The first-order chi connectivity index (χ1) is 13.9. The van der Waals surface area contributed by atoms with E-state index in [0.29, 0.717) is 17.9 Å². The monoisotopic (exact) mass is 393 g/mol. The molecule has 2 N–H and O–H groups in total. The Balaban J connectivity index is 1.76. The van der Waals surface area contributed by atoms with Gasteiger partial charge >= 0.3 is 0 Å². The third kappa shape index (κ3) is 4.65. The summed E-state index contributed by atoms with van der Waals surface area (Å²) < 4.78 is 0. The first kappa shape index (κ1) is 20.6. The van der Waals surface area contributed by atoms with Gasteiger partial charge in [0.05, 0.1) is 5.92 Å². The van der Waals surface area contributed by atoms with Gasteiger partial charge in [0.25, 0.3) is 0 Å². The molecule has 0 spiro atoms. The summed E-state index contributed by atoms with van der Waals surface area (Å²) >= 11 is 0. The van der Waals surface area contributed by atoms with E-state index in [2.05, 4.69) is 24.5 Å². The number of carbonyl (C=O) groups excluding carboxylic acids is 3. The number of anilines is 3. The molecule has 3 amide bonds. The number of nitrogens with one attached hydrogen (secondary N) is 2. The number of benzene rings is 2. The van der Waals surface area contributed by atoms with Crippen LogP contribution < -0.4 is 15.5 Å². The average Bonchev–Trinajstić information content (AvgIpc) is 3.09. The van der Waals surface area contributed by atoms with Crippen molar-refractivity contribution in [3.8, 4) is 0 Å². The maximum atomic E-state index is 12.9. The van der Waals surface area contributed by atoms with Gasteiger partial charge in [-0.15, -0.1) is 0 Å². The number of nitrogens with zero attached hydrogens (tertiary/aromatic N) is 1. The molecule has 0 aromatic heterocycles. The Morgan fingerprint density at radius 1 is 1.03 bits per heavy atom. The smallest absolute Gasteiger partial charge is 0.229 e. The zero-order valence-corrected chi connectivity index (χ0v) is 17.1. The molecule has 1 aliphatic heterocycles. The predicted molar refractivity (Wildman–Crippen MR) is 115 cm³/mol. The van der Waals surface area contributed by atoms with Gasteiger partial charge in [0.15, 0.2) is 0 Å². The van der Waals surface area contributed by atoms with E-state index in [-0.39, 0.29) is 24.1 Å². The highest BCUT2D eigenvalue weighted by Gasteiger charge is 2.35. The topological polar surface area (TPSA) is 78.5 Å². The highest BCUT2D eigenvalue weighted by molar-refractivity contribution is 6.04. The third-order valence-corrected chi connectivity index (χ3v) is 5.22. The molecule has 0 saturated carbocycles. The summed E-state index contributed by atoms with van der Waals surface area (Å²) in [6.45, 7) is 5.89. The Morgan fingerprint density at radius 2 is 1.69 bits per heavy atom. The zero-order valence-electron chi connectivity index (χ0n) is 17.1. The summed E-state index contributed by atoms with van der Waals surface area (Å²) in [5, 5.41) is 5.80. The lowest BCUT2D eigenvalue weighted by atomic mass is 10.0. The van der Waals surface area contributed by atoms with Crippen molar-refractivity contribution < 1.29 is 14.4 Å². The molecule has 1 saturated heterocycles. The Kier molecular flexibility index (Phi) is 6.32. The van der Waals surface area contributed by atoms with E-state index >= 15 is 0 Å². The molecule has 6 heteroatoms. The van der Waals surface area contributed by atoms with Crippen LogP contribution in [0.2, 0.25) is 0 Å². The van der Waals surface area contributed by atoms with Crippen LogP contribution in [0.4, 0.5) is 17.1 Å². The largest absolute Gasteiger partial charge is 0.326 e. The minimum absolute atomic E-state index is 0.0929. The molecule has 3 rings (SSSR count). The number of hydrogen-bond donors (Lipinski definition) is 2. The maximum Gasteiger partial charge on any atom is 0.229 e. The summed E-state index contributed by atoms with van der Waals surface area (Å²) in [6, 6.07) is 13.2. The van der Waals surface area contributed by atoms with Crippen LogP contribution in [-0.4, -0.2) is 24.3 Å². The number of aryl methyl sites for hydroxylation is 2. The Hall–Kier alpha value is -3.15. The molecule has 0 bridgehead atoms. The molecule has 1 aliphatic rings. The van der Waals surface area contributed by atoms with Crippen molar-refractivity contribution in [1.82, 2.24) is 0 Å². The van der Waals surface area contributed by atoms with Crippen molar-refractivity contribution in [2.24, 2.45) is 5.92 Å². The van der Waals surface area contributed by atoms with Crippen molar-refractivity contribution in [3.63, 3.8) is 0 Å². The molecule has 1 heterocycles. The van der Waals surface area contributed by atoms with Gasteiger partial charge in [0.1, 0.15) is 0 Å². The summed E-state index contributed by atoms with van der Waals surface area (Å²) in [5.74, 6) is -0.811. The fourth-order valence-electron chi connectivity index (χ4n) is 3.72. The number of para-hydroxylation sites is 1. The molecule has 2 aromatic rings. The second kappa shape index (κ2) is 8.90. The van der Waals surface area contributed by atoms with Crippen molar-refractivity contribution in [3.05, 3.63) is 53.6 Å². The SMILES string of the molecule is CCc1cccc(CC)c1NC(=O)C1CC(=O)N(c2cccc(NC(C)=O)c2)C1. The third-order valence-electron chi connectivity index (χ3n) is 5.22. The van der Waals surface area contributed by atoms with Gasteiger partial charge in [-0.05, 0) is 42.2 Å². The van der Waals surface area contributed by atoms with E-state index in [1.54, 1.807) is 23.1 Å². The second-order valence-electron chi connectivity index (χ2n) is 7.28. The Labute approximate surface area is 171 Å².